The highest BCUT2D eigenvalue weighted by atomic mass is 16.3. The third kappa shape index (κ3) is 6.39. The molecule has 0 radical (unpaired) electrons. The van der Waals surface area contributed by atoms with Gasteiger partial charge in [0.2, 0.25) is 5.91 Å². The lowest BCUT2D eigenvalue weighted by molar-refractivity contribution is -0.121. The predicted octanol–water partition coefficient (Wildman–Crippen LogP) is 2.46. The van der Waals surface area contributed by atoms with Crippen LogP contribution < -0.4 is 5.32 Å². The molecule has 2 atom stereocenters. The lowest BCUT2D eigenvalue weighted by atomic mass is 10.1. The summed E-state index contributed by atoms with van der Waals surface area (Å²) in [4.78, 5) is 11.7. The Morgan fingerprint density at radius 1 is 1.21 bits per heavy atom. The number of hydrogen-bond donors (Lipinski definition) is 2. The highest BCUT2D eigenvalue weighted by molar-refractivity contribution is 5.76. The fourth-order valence-corrected chi connectivity index (χ4v) is 2.12. The van der Waals surface area contributed by atoms with E-state index in [-0.39, 0.29) is 18.1 Å². The average Bonchev–Trinajstić information content (AvgIpc) is 2.36. The largest absolute Gasteiger partial charge is 0.393 e. The van der Waals surface area contributed by atoms with Crippen molar-refractivity contribution in [3.05, 3.63) is 35.4 Å². The zero-order chi connectivity index (χ0) is 14.3. The molecule has 0 aliphatic heterocycles. The fraction of sp³-hybridized carbons (Fsp3) is 0.562. The third-order valence-electron chi connectivity index (χ3n) is 3.17. The maximum Gasteiger partial charge on any atom is 0.220 e. The van der Waals surface area contributed by atoms with Gasteiger partial charge in [-0.05, 0) is 44.2 Å². The highest BCUT2D eigenvalue weighted by Crippen LogP contribution is 2.07. The van der Waals surface area contributed by atoms with Gasteiger partial charge in [0.25, 0.3) is 0 Å². The van der Waals surface area contributed by atoms with E-state index in [1.54, 1.807) is 6.92 Å². The van der Waals surface area contributed by atoms with Gasteiger partial charge in [-0.25, -0.2) is 0 Å². The molecule has 2 N–H and O–H groups in total. The first-order valence-corrected chi connectivity index (χ1v) is 7.06. The van der Waals surface area contributed by atoms with Gasteiger partial charge in [-0.1, -0.05) is 31.2 Å². The minimum absolute atomic E-state index is 0.0231. The predicted molar refractivity (Wildman–Crippen MR) is 78.0 cm³/mol. The second kappa shape index (κ2) is 7.95. The summed E-state index contributed by atoms with van der Waals surface area (Å²) in [6.07, 6.45) is 2.51. The molecule has 19 heavy (non-hydrogen) atoms. The molecule has 1 aromatic rings. The third-order valence-corrected chi connectivity index (χ3v) is 3.17. The Bertz CT molecular complexity index is 384. The van der Waals surface area contributed by atoms with Crippen molar-refractivity contribution < 1.29 is 9.90 Å². The Balaban J connectivity index is 2.33. The summed E-state index contributed by atoms with van der Waals surface area (Å²) in [5, 5.41) is 12.1. The van der Waals surface area contributed by atoms with Gasteiger partial charge >= 0.3 is 0 Å². The molecule has 0 heterocycles. The molecule has 106 valence electrons. The first-order valence-electron chi connectivity index (χ1n) is 7.06. The van der Waals surface area contributed by atoms with Crippen LogP contribution in [0.15, 0.2) is 24.3 Å². The van der Waals surface area contributed by atoms with Gasteiger partial charge in [0.05, 0.1) is 6.10 Å². The van der Waals surface area contributed by atoms with Crippen LogP contribution in [-0.4, -0.2) is 23.2 Å². The van der Waals surface area contributed by atoms with Crippen LogP contribution in [-0.2, 0) is 17.6 Å². The quantitative estimate of drug-likeness (QED) is 0.794. The van der Waals surface area contributed by atoms with E-state index in [1.807, 2.05) is 6.92 Å². The Labute approximate surface area is 116 Å². The van der Waals surface area contributed by atoms with E-state index in [2.05, 4.69) is 36.5 Å². The molecule has 0 saturated carbocycles. The Morgan fingerprint density at radius 3 is 2.32 bits per heavy atom. The van der Waals surface area contributed by atoms with Crippen molar-refractivity contribution in [3.63, 3.8) is 0 Å². The van der Waals surface area contributed by atoms with Crippen molar-refractivity contribution >= 4 is 5.91 Å². The van der Waals surface area contributed by atoms with Crippen LogP contribution in [0.4, 0.5) is 0 Å². The Kier molecular flexibility index (Phi) is 6.57. The first-order chi connectivity index (χ1) is 9.01. The molecule has 0 aliphatic rings. The molecule has 0 aliphatic carbocycles. The molecule has 3 nitrogen and oxygen atoms in total. The van der Waals surface area contributed by atoms with Crippen molar-refractivity contribution in [2.24, 2.45) is 0 Å². The maximum absolute atomic E-state index is 11.7. The molecular formula is C16H25NO2. The Hall–Kier alpha value is -1.35. The molecule has 0 fully saturated rings. The molecule has 0 saturated heterocycles. The van der Waals surface area contributed by atoms with Crippen LogP contribution in [0.5, 0.6) is 0 Å². The van der Waals surface area contributed by atoms with Gasteiger partial charge in [0, 0.05) is 12.5 Å². The van der Waals surface area contributed by atoms with E-state index < -0.39 is 0 Å². The fourth-order valence-electron chi connectivity index (χ4n) is 2.12. The molecular weight excluding hydrogens is 238 g/mol. The second-order valence-electron chi connectivity index (χ2n) is 5.22. The average molecular weight is 263 g/mol. The van der Waals surface area contributed by atoms with E-state index in [0.717, 1.165) is 12.8 Å². The molecule has 0 aromatic heterocycles. The van der Waals surface area contributed by atoms with Crippen LogP contribution in [0.3, 0.4) is 0 Å². The molecule has 2 unspecified atom stereocenters. The van der Waals surface area contributed by atoms with E-state index >= 15 is 0 Å². The minimum atomic E-state index is -0.378. The summed E-state index contributed by atoms with van der Waals surface area (Å²) in [6.45, 7) is 5.78. The first kappa shape index (κ1) is 15.7. The zero-order valence-corrected chi connectivity index (χ0v) is 12.1. The summed E-state index contributed by atoms with van der Waals surface area (Å²) in [5.74, 6) is 0.0488. The lowest BCUT2D eigenvalue weighted by Crippen LogP contribution is -2.34. The van der Waals surface area contributed by atoms with Crippen LogP contribution in [0.25, 0.3) is 0 Å². The van der Waals surface area contributed by atoms with Crippen molar-refractivity contribution in [2.45, 2.75) is 58.6 Å². The van der Waals surface area contributed by atoms with Gasteiger partial charge in [-0.15, -0.1) is 0 Å². The van der Waals surface area contributed by atoms with Crippen molar-refractivity contribution in [2.75, 3.05) is 0 Å². The summed E-state index contributed by atoms with van der Waals surface area (Å²) in [7, 11) is 0. The number of benzene rings is 1. The van der Waals surface area contributed by atoms with E-state index in [1.165, 1.54) is 11.1 Å². The maximum atomic E-state index is 11.7. The van der Waals surface area contributed by atoms with E-state index in [9.17, 15) is 9.90 Å². The number of carbonyl (C=O) groups is 1. The van der Waals surface area contributed by atoms with Crippen LogP contribution in [0.1, 0.15) is 44.7 Å². The van der Waals surface area contributed by atoms with Crippen molar-refractivity contribution in [3.8, 4) is 0 Å². The summed E-state index contributed by atoms with van der Waals surface area (Å²) in [5.41, 5.74) is 2.51. The topological polar surface area (TPSA) is 49.3 Å². The van der Waals surface area contributed by atoms with Crippen LogP contribution >= 0.6 is 0 Å². The van der Waals surface area contributed by atoms with Crippen LogP contribution in [0, 0.1) is 0 Å². The van der Waals surface area contributed by atoms with Gasteiger partial charge in [-0.2, -0.15) is 0 Å². The zero-order valence-electron chi connectivity index (χ0n) is 12.1. The molecule has 0 bridgehead atoms. The number of carbonyl (C=O) groups excluding carboxylic acids is 1. The summed E-state index contributed by atoms with van der Waals surface area (Å²) < 4.78 is 0. The number of aryl methyl sites for hydroxylation is 2. The molecule has 1 rings (SSSR count). The molecule has 1 aromatic carbocycles. The molecule has 1 amide bonds. The van der Waals surface area contributed by atoms with Gasteiger partial charge < -0.3 is 10.4 Å². The number of amides is 1. The Morgan fingerprint density at radius 2 is 1.79 bits per heavy atom. The van der Waals surface area contributed by atoms with Gasteiger partial charge in [0.15, 0.2) is 0 Å². The SMILES string of the molecule is CCc1ccc(CCC(=O)NC(C)CC(C)O)cc1. The van der Waals surface area contributed by atoms with Gasteiger partial charge in [0.1, 0.15) is 0 Å². The lowest BCUT2D eigenvalue weighted by Gasteiger charge is -2.15. The number of hydrogen-bond acceptors (Lipinski definition) is 2. The van der Waals surface area contributed by atoms with Crippen molar-refractivity contribution in [1.29, 1.82) is 0 Å². The van der Waals surface area contributed by atoms with E-state index in [0.29, 0.717) is 12.8 Å². The van der Waals surface area contributed by atoms with Gasteiger partial charge in [-0.3, -0.25) is 4.79 Å². The standard InChI is InChI=1S/C16H25NO2/c1-4-14-5-7-15(8-6-14)9-10-16(19)17-12(2)11-13(3)18/h5-8,12-13,18H,4,9-11H2,1-3H3,(H,17,19). The summed E-state index contributed by atoms with van der Waals surface area (Å²) >= 11 is 0. The number of aliphatic hydroxyl groups is 1. The van der Waals surface area contributed by atoms with E-state index in [4.69, 9.17) is 0 Å². The second-order valence-corrected chi connectivity index (χ2v) is 5.22. The summed E-state index contributed by atoms with van der Waals surface area (Å²) in [6, 6.07) is 8.43. The monoisotopic (exact) mass is 263 g/mol. The minimum Gasteiger partial charge on any atom is -0.393 e. The number of rotatable bonds is 7. The number of nitrogens with one attached hydrogen (secondary N) is 1. The highest BCUT2D eigenvalue weighted by Gasteiger charge is 2.09. The normalized spacial score (nSPS) is 13.9. The number of aliphatic hydroxyl groups excluding tert-OH is 1. The smallest absolute Gasteiger partial charge is 0.220 e. The molecule has 3 heteroatoms. The van der Waals surface area contributed by atoms with Crippen molar-refractivity contribution in [1.82, 2.24) is 5.32 Å². The van der Waals surface area contributed by atoms with Crippen LogP contribution in [0.2, 0.25) is 0 Å². The molecule has 0 spiro atoms.